The third-order valence-corrected chi connectivity index (χ3v) is 5.80. The van der Waals surface area contributed by atoms with Crippen LogP contribution in [0, 0.1) is 0 Å². The van der Waals surface area contributed by atoms with Gasteiger partial charge in [-0.3, -0.25) is 14.6 Å². The van der Waals surface area contributed by atoms with Crippen LogP contribution in [0.2, 0.25) is 0 Å². The molecule has 4 N–H and O–H groups in total. The van der Waals surface area contributed by atoms with Gasteiger partial charge in [-0.05, 0) is 42.0 Å². The topological polar surface area (TPSA) is 143 Å². The highest BCUT2D eigenvalue weighted by Crippen LogP contribution is 2.31. The lowest BCUT2D eigenvalue weighted by molar-refractivity contribution is 0.0977. The van der Waals surface area contributed by atoms with Crippen LogP contribution in [0.15, 0.2) is 91.3 Å². The monoisotopic (exact) mass is 491 g/mol. The summed E-state index contributed by atoms with van der Waals surface area (Å²) in [6.45, 7) is 0.189. The standard InChI is InChI=1S/C28H21N5O4/c29-26(36)27-31-23-6-2-1-5-21(23)25(32-27)18-7-9-19(10-8-18)33(16-17-4-3-13-30-15-17)28(37)22-12-11-20(34)14-24(22)35/h1-15,34-35H,16H2,(H2,29,36). The quantitative estimate of drug-likeness (QED) is 0.325. The molecule has 0 unspecified atom stereocenters. The van der Waals surface area contributed by atoms with E-state index in [0.29, 0.717) is 22.5 Å². The second-order valence-electron chi connectivity index (χ2n) is 8.28. The average Bonchev–Trinajstić information content (AvgIpc) is 2.91. The molecule has 0 aliphatic rings. The summed E-state index contributed by atoms with van der Waals surface area (Å²) in [5.41, 5.74) is 8.65. The summed E-state index contributed by atoms with van der Waals surface area (Å²) in [4.78, 5) is 39.6. The van der Waals surface area contributed by atoms with E-state index in [1.54, 1.807) is 48.8 Å². The highest BCUT2D eigenvalue weighted by molar-refractivity contribution is 6.08. The van der Waals surface area contributed by atoms with Crippen molar-refractivity contribution >= 4 is 28.4 Å². The summed E-state index contributed by atoms with van der Waals surface area (Å²) < 4.78 is 0. The van der Waals surface area contributed by atoms with E-state index in [4.69, 9.17) is 5.73 Å². The number of fused-ring (bicyclic) bond motifs is 1. The Morgan fingerprint density at radius 2 is 1.68 bits per heavy atom. The molecule has 0 aliphatic heterocycles. The summed E-state index contributed by atoms with van der Waals surface area (Å²) >= 11 is 0. The molecule has 9 nitrogen and oxygen atoms in total. The maximum atomic E-state index is 13.5. The number of primary amides is 1. The molecule has 3 aromatic carbocycles. The molecule has 2 heterocycles. The van der Waals surface area contributed by atoms with Crippen molar-refractivity contribution in [2.45, 2.75) is 6.54 Å². The number of aromatic nitrogens is 3. The van der Waals surface area contributed by atoms with Crippen LogP contribution >= 0.6 is 0 Å². The van der Waals surface area contributed by atoms with Gasteiger partial charge < -0.3 is 20.8 Å². The minimum absolute atomic E-state index is 0.0404. The van der Waals surface area contributed by atoms with E-state index in [-0.39, 0.29) is 29.4 Å². The summed E-state index contributed by atoms with van der Waals surface area (Å²) in [7, 11) is 0. The largest absolute Gasteiger partial charge is 0.508 e. The molecular formula is C28H21N5O4. The summed E-state index contributed by atoms with van der Waals surface area (Å²) in [6, 6.07) is 21.8. The van der Waals surface area contributed by atoms with Crippen LogP contribution in [0.1, 0.15) is 26.5 Å². The van der Waals surface area contributed by atoms with Gasteiger partial charge >= 0.3 is 0 Å². The zero-order chi connectivity index (χ0) is 25.9. The molecule has 0 bridgehead atoms. The number of hydrogen-bond donors (Lipinski definition) is 3. The Morgan fingerprint density at radius 1 is 0.892 bits per heavy atom. The molecule has 9 heteroatoms. The number of pyridine rings is 1. The lowest BCUT2D eigenvalue weighted by Crippen LogP contribution is -2.30. The number of carbonyl (C=O) groups is 2. The number of phenols is 2. The number of aromatic hydroxyl groups is 2. The zero-order valence-corrected chi connectivity index (χ0v) is 19.4. The Hall–Kier alpha value is -5.31. The number of para-hydroxylation sites is 1. The maximum Gasteiger partial charge on any atom is 0.286 e. The van der Waals surface area contributed by atoms with Crippen molar-refractivity contribution in [1.29, 1.82) is 0 Å². The first kappa shape index (κ1) is 23.4. The van der Waals surface area contributed by atoms with Crippen LogP contribution in [0.5, 0.6) is 11.5 Å². The fourth-order valence-corrected chi connectivity index (χ4v) is 4.01. The van der Waals surface area contributed by atoms with E-state index in [1.807, 2.05) is 24.3 Å². The summed E-state index contributed by atoms with van der Waals surface area (Å²) in [5, 5.41) is 20.7. The van der Waals surface area contributed by atoms with Crippen LogP contribution in [-0.4, -0.2) is 37.0 Å². The average molecular weight is 492 g/mol. The lowest BCUT2D eigenvalue weighted by atomic mass is 10.0. The van der Waals surface area contributed by atoms with Gasteiger partial charge in [0.15, 0.2) is 0 Å². The molecular weight excluding hydrogens is 470 g/mol. The molecule has 37 heavy (non-hydrogen) atoms. The zero-order valence-electron chi connectivity index (χ0n) is 19.4. The normalized spacial score (nSPS) is 10.8. The highest BCUT2D eigenvalue weighted by atomic mass is 16.3. The lowest BCUT2D eigenvalue weighted by Gasteiger charge is -2.24. The van der Waals surface area contributed by atoms with Crippen molar-refractivity contribution in [3.05, 3.63) is 108 Å². The molecule has 2 aromatic heterocycles. The first-order chi connectivity index (χ1) is 17.9. The van der Waals surface area contributed by atoms with Crippen LogP contribution in [-0.2, 0) is 6.54 Å². The predicted molar refractivity (Wildman–Crippen MR) is 138 cm³/mol. The van der Waals surface area contributed by atoms with Crippen molar-refractivity contribution in [1.82, 2.24) is 15.0 Å². The van der Waals surface area contributed by atoms with E-state index in [1.165, 1.54) is 17.0 Å². The van der Waals surface area contributed by atoms with E-state index in [0.717, 1.165) is 17.0 Å². The van der Waals surface area contributed by atoms with E-state index >= 15 is 0 Å². The van der Waals surface area contributed by atoms with Gasteiger partial charge in [0.05, 0.1) is 23.3 Å². The number of nitrogens with zero attached hydrogens (tertiary/aromatic N) is 4. The molecule has 0 spiro atoms. The van der Waals surface area contributed by atoms with Crippen LogP contribution in [0.4, 0.5) is 5.69 Å². The molecule has 5 rings (SSSR count). The highest BCUT2D eigenvalue weighted by Gasteiger charge is 2.22. The molecule has 0 atom stereocenters. The van der Waals surface area contributed by atoms with E-state index in [9.17, 15) is 19.8 Å². The Bertz CT molecular complexity index is 1620. The van der Waals surface area contributed by atoms with Crippen molar-refractivity contribution in [2.75, 3.05) is 4.90 Å². The fourth-order valence-electron chi connectivity index (χ4n) is 4.01. The van der Waals surface area contributed by atoms with Crippen LogP contribution in [0.3, 0.4) is 0 Å². The van der Waals surface area contributed by atoms with Gasteiger partial charge in [-0.25, -0.2) is 9.97 Å². The Morgan fingerprint density at radius 3 is 2.38 bits per heavy atom. The number of nitrogens with two attached hydrogens (primary N) is 1. The van der Waals surface area contributed by atoms with Gasteiger partial charge in [0.2, 0.25) is 5.82 Å². The van der Waals surface area contributed by atoms with Gasteiger partial charge in [0, 0.05) is 35.1 Å². The van der Waals surface area contributed by atoms with Crippen molar-refractivity contribution in [2.24, 2.45) is 5.73 Å². The van der Waals surface area contributed by atoms with Crippen molar-refractivity contribution in [3.8, 4) is 22.8 Å². The predicted octanol–water partition coefficient (Wildman–Crippen LogP) is 4.05. The van der Waals surface area contributed by atoms with Gasteiger partial charge in [0.25, 0.3) is 11.8 Å². The van der Waals surface area contributed by atoms with Crippen molar-refractivity contribution < 1.29 is 19.8 Å². The maximum absolute atomic E-state index is 13.5. The third-order valence-electron chi connectivity index (χ3n) is 5.80. The van der Waals surface area contributed by atoms with Crippen LogP contribution in [0.25, 0.3) is 22.2 Å². The number of hydrogen-bond acceptors (Lipinski definition) is 7. The molecule has 0 aliphatic carbocycles. The molecule has 5 aromatic rings. The molecule has 182 valence electrons. The van der Waals surface area contributed by atoms with Gasteiger partial charge in [-0.1, -0.05) is 36.4 Å². The summed E-state index contributed by atoms with van der Waals surface area (Å²) in [6.07, 6.45) is 3.30. The first-order valence-electron chi connectivity index (χ1n) is 11.3. The number of anilines is 1. The molecule has 0 saturated heterocycles. The fraction of sp³-hybridized carbons (Fsp3) is 0.0357. The van der Waals surface area contributed by atoms with Crippen molar-refractivity contribution in [3.63, 3.8) is 0 Å². The number of amides is 2. The first-order valence-corrected chi connectivity index (χ1v) is 11.3. The minimum Gasteiger partial charge on any atom is -0.508 e. The number of rotatable bonds is 6. The molecule has 2 amide bonds. The second kappa shape index (κ2) is 9.74. The Kier molecular flexibility index (Phi) is 6.17. The smallest absolute Gasteiger partial charge is 0.286 e. The summed E-state index contributed by atoms with van der Waals surface area (Å²) in [5.74, 6) is -1.76. The van der Waals surface area contributed by atoms with Gasteiger partial charge in [-0.2, -0.15) is 0 Å². The van der Waals surface area contributed by atoms with E-state index < -0.39 is 11.8 Å². The Balaban J connectivity index is 1.57. The molecule has 0 fully saturated rings. The second-order valence-corrected chi connectivity index (χ2v) is 8.28. The molecule has 0 radical (unpaired) electrons. The molecule has 0 saturated carbocycles. The number of carbonyl (C=O) groups excluding carboxylic acids is 2. The van der Waals surface area contributed by atoms with Crippen LogP contribution < -0.4 is 10.6 Å². The third kappa shape index (κ3) is 4.78. The van der Waals surface area contributed by atoms with Gasteiger partial charge in [-0.15, -0.1) is 0 Å². The van der Waals surface area contributed by atoms with E-state index in [2.05, 4.69) is 15.0 Å². The minimum atomic E-state index is -0.731. The Labute approximate surface area is 211 Å². The van der Waals surface area contributed by atoms with Gasteiger partial charge in [0.1, 0.15) is 11.5 Å². The number of phenolic OH excluding ortho intramolecular Hbond substituents is 2. The SMILES string of the molecule is NC(=O)c1nc(-c2ccc(N(Cc3cccnc3)C(=O)c3ccc(O)cc3O)cc2)c2ccccc2n1. The number of benzene rings is 3.